The molecule has 1 atom stereocenters. The Labute approximate surface area is 152 Å². The number of hydrogen-bond donors (Lipinski definition) is 1. The maximum Gasteiger partial charge on any atom is 0.225 e. The lowest BCUT2D eigenvalue weighted by molar-refractivity contribution is -0.125. The standard InChI is InChI=1S/C20H23N5O/c1-15-7-8-19-23-17(14-25(19)12-15)11-22-20(26)16-5-4-10-24(13-16)18-6-2-3-9-21-18/h2-3,6-9,12,14,16H,4-5,10-11,13H2,1H3,(H,22,26)/t16-/m1/s1. The highest BCUT2D eigenvalue weighted by molar-refractivity contribution is 5.79. The molecule has 6 heteroatoms. The Hall–Kier alpha value is -2.89. The van der Waals surface area contributed by atoms with Crippen LogP contribution in [0.1, 0.15) is 24.1 Å². The van der Waals surface area contributed by atoms with Crippen molar-refractivity contribution >= 4 is 17.4 Å². The highest BCUT2D eigenvalue weighted by Gasteiger charge is 2.26. The number of nitrogens with one attached hydrogen (secondary N) is 1. The van der Waals surface area contributed by atoms with Crippen molar-refractivity contribution in [2.24, 2.45) is 5.92 Å². The van der Waals surface area contributed by atoms with Crippen molar-refractivity contribution in [3.05, 3.63) is 60.2 Å². The summed E-state index contributed by atoms with van der Waals surface area (Å²) in [7, 11) is 0. The molecule has 6 nitrogen and oxygen atoms in total. The van der Waals surface area contributed by atoms with Crippen LogP contribution >= 0.6 is 0 Å². The Morgan fingerprint density at radius 3 is 3.04 bits per heavy atom. The molecule has 0 bridgehead atoms. The van der Waals surface area contributed by atoms with Gasteiger partial charge in [-0.2, -0.15) is 0 Å². The Bertz CT molecular complexity index is 905. The summed E-state index contributed by atoms with van der Waals surface area (Å²) in [6.45, 7) is 4.18. The predicted octanol–water partition coefficient (Wildman–Crippen LogP) is 2.57. The van der Waals surface area contributed by atoms with Crippen molar-refractivity contribution in [2.75, 3.05) is 18.0 Å². The fourth-order valence-electron chi connectivity index (χ4n) is 3.50. The molecular weight excluding hydrogens is 326 g/mol. The molecule has 1 aliphatic rings. The zero-order valence-electron chi connectivity index (χ0n) is 14.9. The fourth-order valence-corrected chi connectivity index (χ4v) is 3.50. The van der Waals surface area contributed by atoms with E-state index in [9.17, 15) is 4.79 Å². The molecular formula is C20H23N5O. The number of rotatable bonds is 4. The molecule has 0 aromatic carbocycles. The van der Waals surface area contributed by atoms with E-state index in [1.165, 1.54) is 5.56 Å². The van der Waals surface area contributed by atoms with Crippen LogP contribution in [0.15, 0.2) is 48.9 Å². The van der Waals surface area contributed by atoms with Gasteiger partial charge in [0.05, 0.1) is 18.2 Å². The van der Waals surface area contributed by atoms with Gasteiger partial charge in [0.15, 0.2) is 0 Å². The van der Waals surface area contributed by atoms with E-state index in [0.717, 1.165) is 36.5 Å². The van der Waals surface area contributed by atoms with Crippen LogP contribution in [0.4, 0.5) is 5.82 Å². The van der Waals surface area contributed by atoms with Crippen LogP contribution in [0.3, 0.4) is 0 Å². The highest BCUT2D eigenvalue weighted by Crippen LogP contribution is 2.21. The number of fused-ring (bicyclic) bond motifs is 1. The lowest BCUT2D eigenvalue weighted by Gasteiger charge is -2.32. The number of carbonyl (C=O) groups is 1. The number of aromatic nitrogens is 3. The zero-order chi connectivity index (χ0) is 17.9. The van der Waals surface area contributed by atoms with Gasteiger partial charge in [-0.05, 0) is 43.5 Å². The van der Waals surface area contributed by atoms with Gasteiger partial charge in [0, 0.05) is 31.7 Å². The van der Waals surface area contributed by atoms with Crippen LogP contribution in [0.25, 0.3) is 5.65 Å². The lowest BCUT2D eigenvalue weighted by atomic mass is 9.97. The molecule has 3 aromatic rings. The third-order valence-corrected chi connectivity index (χ3v) is 4.86. The SMILES string of the molecule is Cc1ccc2nc(CNC(=O)[C@@H]3CCCN(c4ccccn4)C3)cn2c1. The van der Waals surface area contributed by atoms with Gasteiger partial charge >= 0.3 is 0 Å². The van der Waals surface area contributed by atoms with Gasteiger partial charge in [-0.15, -0.1) is 0 Å². The van der Waals surface area contributed by atoms with E-state index in [2.05, 4.69) is 27.1 Å². The topological polar surface area (TPSA) is 62.5 Å². The molecule has 1 aliphatic heterocycles. The van der Waals surface area contributed by atoms with Crippen molar-refractivity contribution in [3.63, 3.8) is 0 Å². The van der Waals surface area contributed by atoms with E-state index in [1.807, 2.05) is 47.1 Å². The summed E-state index contributed by atoms with van der Waals surface area (Å²) < 4.78 is 2.00. The molecule has 1 saturated heterocycles. The zero-order valence-corrected chi connectivity index (χ0v) is 14.9. The predicted molar refractivity (Wildman–Crippen MR) is 101 cm³/mol. The second-order valence-electron chi connectivity index (χ2n) is 6.90. The molecule has 0 radical (unpaired) electrons. The van der Waals surface area contributed by atoms with Crippen LogP contribution in [-0.2, 0) is 11.3 Å². The van der Waals surface area contributed by atoms with Gasteiger partial charge in [-0.3, -0.25) is 4.79 Å². The maximum atomic E-state index is 12.6. The fraction of sp³-hybridized carbons (Fsp3) is 0.350. The molecule has 0 aliphatic carbocycles. The number of pyridine rings is 2. The van der Waals surface area contributed by atoms with Gasteiger partial charge in [0.1, 0.15) is 11.5 Å². The molecule has 0 saturated carbocycles. The molecule has 4 heterocycles. The monoisotopic (exact) mass is 349 g/mol. The summed E-state index contributed by atoms with van der Waals surface area (Å²) in [6.07, 6.45) is 7.73. The van der Waals surface area contributed by atoms with E-state index >= 15 is 0 Å². The third kappa shape index (κ3) is 3.54. The Morgan fingerprint density at radius 1 is 1.27 bits per heavy atom. The summed E-state index contributed by atoms with van der Waals surface area (Å²) in [6, 6.07) is 9.93. The minimum absolute atomic E-state index is 0.00923. The molecule has 0 spiro atoms. The van der Waals surface area contributed by atoms with Crippen molar-refractivity contribution < 1.29 is 4.79 Å². The molecule has 134 valence electrons. The summed E-state index contributed by atoms with van der Waals surface area (Å²) in [5, 5.41) is 3.05. The average molecular weight is 349 g/mol. The molecule has 1 amide bonds. The quantitative estimate of drug-likeness (QED) is 0.786. The Morgan fingerprint density at radius 2 is 2.19 bits per heavy atom. The summed E-state index contributed by atoms with van der Waals surface area (Å²) in [5.41, 5.74) is 2.96. The normalized spacial score (nSPS) is 17.4. The molecule has 26 heavy (non-hydrogen) atoms. The van der Waals surface area contributed by atoms with Gasteiger partial charge in [0.25, 0.3) is 0 Å². The van der Waals surface area contributed by atoms with Gasteiger partial charge in [0.2, 0.25) is 5.91 Å². The number of aryl methyl sites for hydroxylation is 1. The Balaban J connectivity index is 1.38. The third-order valence-electron chi connectivity index (χ3n) is 4.86. The minimum Gasteiger partial charge on any atom is -0.356 e. The van der Waals surface area contributed by atoms with E-state index in [-0.39, 0.29) is 11.8 Å². The first kappa shape index (κ1) is 16.6. The number of hydrogen-bond acceptors (Lipinski definition) is 4. The maximum absolute atomic E-state index is 12.6. The van der Waals surface area contributed by atoms with Crippen LogP contribution < -0.4 is 10.2 Å². The molecule has 4 rings (SSSR count). The molecule has 1 N–H and O–H groups in total. The number of piperidine rings is 1. The number of anilines is 1. The molecule has 1 fully saturated rings. The van der Waals surface area contributed by atoms with E-state index in [4.69, 9.17) is 0 Å². The molecule has 0 unspecified atom stereocenters. The van der Waals surface area contributed by atoms with Crippen LogP contribution in [0.2, 0.25) is 0 Å². The van der Waals surface area contributed by atoms with Crippen molar-refractivity contribution in [3.8, 4) is 0 Å². The van der Waals surface area contributed by atoms with E-state index < -0.39 is 0 Å². The summed E-state index contributed by atoms with van der Waals surface area (Å²) >= 11 is 0. The second kappa shape index (κ2) is 7.15. The first-order valence-corrected chi connectivity index (χ1v) is 9.07. The van der Waals surface area contributed by atoms with E-state index in [1.54, 1.807) is 6.20 Å². The van der Waals surface area contributed by atoms with Crippen LogP contribution in [0, 0.1) is 12.8 Å². The lowest BCUT2D eigenvalue weighted by Crippen LogP contribution is -2.43. The van der Waals surface area contributed by atoms with Gasteiger partial charge < -0.3 is 14.6 Å². The highest BCUT2D eigenvalue weighted by atomic mass is 16.1. The van der Waals surface area contributed by atoms with Gasteiger partial charge in [-0.1, -0.05) is 12.1 Å². The van der Waals surface area contributed by atoms with E-state index in [0.29, 0.717) is 13.1 Å². The number of imidazole rings is 1. The minimum atomic E-state index is -0.00923. The number of carbonyl (C=O) groups excluding carboxylic acids is 1. The Kier molecular flexibility index (Phi) is 4.56. The van der Waals surface area contributed by atoms with Gasteiger partial charge in [-0.25, -0.2) is 9.97 Å². The van der Waals surface area contributed by atoms with Crippen LogP contribution in [-0.4, -0.2) is 33.4 Å². The first-order valence-electron chi connectivity index (χ1n) is 9.07. The summed E-state index contributed by atoms with van der Waals surface area (Å²) in [5.74, 6) is 1.03. The number of amides is 1. The van der Waals surface area contributed by atoms with Crippen molar-refractivity contribution in [1.29, 1.82) is 0 Å². The van der Waals surface area contributed by atoms with Crippen LogP contribution in [0.5, 0.6) is 0 Å². The largest absolute Gasteiger partial charge is 0.356 e. The molecule has 3 aromatic heterocycles. The first-order chi connectivity index (χ1) is 12.7. The van der Waals surface area contributed by atoms with Crippen molar-refractivity contribution in [2.45, 2.75) is 26.3 Å². The average Bonchev–Trinajstić information content (AvgIpc) is 3.09. The summed E-state index contributed by atoms with van der Waals surface area (Å²) in [4.78, 5) is 23.8. The van der Waals surface area contributed by atoms with Crippen molar-refractivity contribution in [1.82, 2.24) is 19.7 Å². The number of nitrogens with zero attached hydrogens (tertiary/aromatic N) is 4. The smallest absolute Gasteiger partial charge is 0.225 e. The second-order valence-corrected chi connectivity index (χ2v) is 6.90.